The lowest BCUT2D eigenvalue weighted by atomic mass is 10.1. The highest BCUT2D eigenvalue weighted by Gasteiger charge is 2.17. The van der Waals surface area contributed by atoms with Crippen molar-refractivity contribution in [1.82, 2.24) is 14.9 Å². The lowest BCUT2D eigenvalue weighted by Crippen LogP contribution is -2.30. The fourth-order valence-corrected chi connectivity index (χ4v) is 5.11. The van der Waals surface area contributed by atoms with Crippen molar-refractivity contribution in [3.63, 3.8) is 0 Å². The molecule has 7 heteroatoms. The highest BCUT2D eigenvalue weighted by atomic mass is 35.5. The molecule has 174 valence electrons. The zero-order valence-electron chi connectivity index (χ0n) is 19.6. The summed E-state index contributed by atoms with van der Waals surface area (Å²) in [6, 6.07) is 18.7. The molecule has 0 aliphatic carbocycles. The molecule has 1 amide bonds. The van der Waals surface area contributed by atoms with E-state index < -0.39 is 0 Å². The Bertz CT molecular complexity index is 1430. The van der Waals surface area contributed by atoms with E-state index in [1.807, 2.05) is 64.1 Å². The molecule has 0 saturated heterocycles. The third kappa shape index (κ3) is 5.18. The minimum absolute atomic E-state index is 0.00968. The first-order valence-electron chi connectivity index (χ1n) is 11.1. The zero-order valence-corrected chi connectivity index (χ0v) is 21.1. The van der Waals surface area contributed by atoms with Gasteiger partial charge < -0.3 is 5.32 Å². The maximum atomic E-state index is 13.7. The number of fused-ring (bicyclic) bond motifs is 1. The molecule has 1 aromatic heterocycles. The van der Waals surface area contributed by atoms with E-state index in [1.54, 1.807) is 22.8 Å². The van der Waals surface area contributed by atoms with Gasteiger partial charge in [-0.05, 0) is 80.8 Å². The highest BCUT2D eigenvalue weighted by molar-refractivity contribution is 7.98. The molecule has 0 atom stereocenters. The summed E-state index contributed by atoms with van der Waals surface area (Å²) < 4.78 is 1.65. The third-order valence-electron chi connectivity index (χ3n) is 5.30. The number of hydrogen-bond donors (Lipinski definition) is 1. The summed E-state index contributed by atoms with van der Waals surface area (Å²) in [5, 5.41) is 4.56. The second-order valence-electron chi connectivity index (χ2n) is 8.62. The number of thioether (sulfide) groups is 1. The molecular formula is C27H26ClN3O2S. The summed E-state index contributed by atoms with van der Waals surface area (Å²) >= 11 is 7.81. The van der Waals surface area contributed by atoms with Gasteiger partial charge in [-0.2, -0.15) is 0 Å². The van der Waals surface area contributed by atoms with Crippen LogP contribution in [0.25, 0.3) is 16.6 Å². The molecule has 0 saturated carbocycles. The standard InChI is InChI=1S/C27H26ClN3O2S/c1-16(2)29-25(32)19-9-10-22-24(14-19)30-27(34-15-20-7-5-6-8-23(20)28)31(26(22)33)21-12-17(3)11-18(4)13-21/h5-14,16H,15H2,1-4H3,(H,29,32). The van der Waals surface area contributed by atoms with Gasteiger partial charge in [-0.3, -0.25) is 14.2 Å². The third-order valence-corrected chi connectivity index (χ3v) is 6.66. The van der Waals surface area contributed by atoms with Crippen LogP contribution >= 0.6 is 23.4 Å². The zero-order chi connectivity index (χ0) is 24.4. The number of carbonyl (C=O) groups excluding carboxylic acids is 1. The Balaban J connectivity index is 1.87. The second-order valence-corrected chi connectivity index (χ2v) is 9.97. The van der Waals surface area contributed by atoms with Crippen LogP contribution in [0.2, 0.25) is 5.02 Å². The van der Waals surface area contributed by atoms with Crippen molar-refractivity contribution in [3.05, 3.63) is 98.3 Å². The Morgan fingerprint density at radius 2 is 1.76 bits per heavy atom. The number of rotatable bonds is 6. The molecule has 0 bridgehead atoms. The van der Waals surface area contributed by atoms with Gasteiger partial charge in [0.15, 0.2) is 5.16 Å². The fraction of sp³-hybridized carbons (Fsp3) is 0.222. The monoisotopic (exact) mass is 491 g/mol. The van der Waals surface area contributed by atoms with E-state index in [2.05, 4.69) is 11.4 Å². The van der Waals surface area contributed by atoms with Gasteiger partial charge in [0.2, 0.25) is 0 Å². The van der Waals surface area contributed by atoms with Crippen molar-refractivity contribution in [3.8, 4) is 5.69 Å². The van der Waals surface area contributed by atoms with Gasteiger partial charge in [0.25, 0.3) is 11.5 Å². The maximum Gasteiger partial charge on any atom is 0.266 e. The number of halogens is 1. The van der Waals surface area contributed by atoms with Gasteiger partial charge in [-0.1, -0.05) is 47.6 Å². The fourth-order valence-electron chi connectivity index (χ4n) is 3.81. The Morgan fingerprint density at radius 1 is 1.06 bits per heavy atom. The molecule has 0 spiro atoms. The summed E-state index contributed by atoms with van der Waals surface area (Å²) in [7, 11) is 0. The molecule has 0 fully saturated rings. The normalized spacial score (nSPS) is 11.2. The highest BCUT2D eigenvalue weighted by Crippen LogP contribution is 2.28. The Hall–Kier alpha value is -3.09. The van der Waals surface area contributed by atoms with Crippen LogP contribution in [0.3, 0.4) is 0 Å². The minimum atomic E-state index is -0.192. The molecule has 4 rings (SSSR count). The summed E-state index contributed by atoms with van der Waals surface area (Å²) in [4.78, 5) is 31.1. The van der Waals surface area contributed by atoms with E-state index in [0.29, 0.717) is 32.4 Å². The number of aromatic nitrogens is 2. The number of carbonyl (C=O) groups is 1. The SMILES string of the molecule is Cc1cc(C)cc(-n2c(SCc3ccccc3Cl)nc3cc(C(=O)NC(C)C)ccc3c2=O)c1. The van der Waals surface area contributed by atoms with Crippen LogP contribution in [0, 0.1) is 13.8 Å². The molecule has 0 radical (unpaired) electrons. The summed E-state index contributed by atoms with van der Waals surface area (Å²) in [6.07, 6.45) is 0. The Morgan fingerprint density at radius 3 is 2.44 bits per heavy atom. The number of nitrogens with zero attached hydrogens (tertiary/aromatic N) is 2. The minimum Gasteiger partial charge on any atom is -0.350 e. The summed E-state index contributed by atoms with van der Waals surface area (Å²) in [5.41, 5.74) is 4.63. The lowest BCUT2D eigenvalue weighted by Gasteiger charge is -2.15. The van der Waals surface area contributed by atoms with Crippen molar-refractivity contribution < 1.29 is 4.79 Å². The van der Waals surface area contributed by atoms with Crippen LogP contribution in [0.5, 0.6) is 0 Å². The molecule has 3 aromatic carbocycles. The average molecular weight is 492 g/mol. The molecule has 5 nitrogen and oxygen atoms in total. The maximum absolute atomic E-state index is 13.7. The van der Waals surface area contributed by atoms with E-state index in [-0.39, 0.29) is 17.5 Å². The number of aryl methyl sites for hydroxylation is 2. The van der Waals surface area contributed by atoms with Crippen LogP contribution in [-0.2, 0) is 5.75 Å². The van der Waals surface area contributed by atoms with Crippen molar-refractivity contribution in [1.29, 1.82) is 0 Å². The summed E-state index contributed by atoms with van der Waals surface area (Å²) in [6.45, 7) is 7.82. The number of amides is 1. The molecule has 1 heterocycles. The first kappa shape index (κ1) is 24.0. The van der Waals surface area contributed by atoms with Crippen LogP contribution in [0.4, 0.5) is 0 Å². The van der Waals surface area contributed by atoms with Crippen molar-refractivity contribution in [2.24, 2.45) is 0 Å². The van der Waals surface area contributed by atoms with E-state index >= 15 is 0 Å². The van der Waals surface area contributed by atoms with E-state index in [9.17, 15) is 9.59 Å². The summed E-state index contributed by atoms with van der Waals surface area (Å²) in [5.74, 6) is 0.359. The van der Waals surface area contributed by atoms with Crippen LogP contribution in [0.1, 0.15) is 40.9 Å². The number of benzene rings is 3. The molecule has 34 heavy (non-hydrogen) atoms. The Labute approximate surface area is 208 Å². The van der Waals surface area contributed by atoms with Crippen LogP contribution in [0.15, 0.2) is 70.6 Å². The Kier molecular flexibility index (Phi) is 7.10. The average Bonchev–Trinajstić information content (AvgIpc) is 2.77. The van der Waals surface area contributed by atoms with E-state index in [1.165, 1.54) is 11.8 Å². The van der Waals surface area contributed by atoms with Crippen LogP contribution in [-0.4, -0.2) is 21.5 Å². The molecule has 0 unspecified atom stereocenters. The molecule has 0 aliphatic rings. The van der Waals surface area contributed by atoms with Gasteiger partial charge in [0, 0.05) is 22.4 Å². The molecular weight excluding hydrogens is 466 g/mol. The first-order valence-corrected chi connectivity index (χ1v) is 12.4. The predicted octanol–water partition coefficient (Wildman–Crippen LogP) is 6.09. The predicted molar refractivity (Wildman–Crippen MR) is 140 cm³/mol. The van der Waals surface area contributed by atoms with E-state index in [0.717, 1.165) is 22.4 Å². The largest absolute Gasteiger partial charge is 0.350 e. The second kappa shape index (κ2) is 10.0. The first-order chi connectivity index (χ1) is 16.2. The van der Waals surface area contributed by atoms with Crippen molar-refractivity contribution in [2.75, 3.05) is 0 Å². The quantitative estimate of drug-likeness (QED) is 0.262. The number of nitrogens with one attached hydrogen (secondary N) is 1. The van der Waals surface area contributed by atoms with Gasteiger partial charge >= 0.3 is 0 Å². The van der Waals surface area contributed by atoms with Gasteiger partial charge in [0.1, 0.15) is 0 Å². The number of hydrogen-bond acceptors (Lipinski definition) is 4. The smallest absolute Gasteiger partial charge is 0.266 e. The molecule has 4 aromatic rings. The lowest BCUT2D eigenvalue weighted by molar-refractivity contribution is 0.0943. The van der Waals surface area contributed by atoms with Crippen molar-refractivity contribution in [2.45, 2.75) is 44.6 Å². The molecule has 0 aliphatic heterocycles. The van der Waals surface area contributed by atoms with Gasteiger partial charge in [0.05, 0.1) is 16.6 Å². The van der Waals surface area contributed by atoms with Gasteiger partial charge in [-0.25, -0.2) is 4.98 Å². The van der Waals surface area contributed by atoms with Crippen LogP contribution < -0.4 is 10.9 Å². The van der Waals surface area contributed by atoms with Gasteiger partial charge in [-0.15, -0.1) is 0 Å². The topological polar surface area (TPSA) is 64.0 Å². The van der Waals surface area contributed by atoms with E-state index in [4.69, 9.17) is 16.6 Å². The van der Waals surface area contributed by atoms with Crippen molar-refractivity contribution >= 4 is 40.2 Å². The molecule has 1 N–H and O–H groups in total.